The van der Waals surface area contributed by atoms with Crippen LogP contribution in [0.1, 0.15) is 28.0 Å². The summed E-state index contributed by atoms with van der Waals surface area (Å²) in [4.78, 5) is 24.5. The predicted molar refractivity (Wildman–Crippen MR) is 83.2 cm³/mol. The van der Waals surface area contributed by atoms with Crippen molar-refractivity contribution in [3.05, 3.63) is 45.9 Å². The molecule has 0 aliphatic heterocycles. The van der Waals surface area contributed by atoms with Crippen molar-refractivity contribution in [1.29, 1.82) is 0 Å². The number of amides is 2. The lowest BCUT2D eigenvalue weighted by Crippen LogP contribution is -2.44. The van der Waals surface area contributed by atoms with Crippen molar-refractivity contribution in [2.75, 3.05) is 0 Å². The standard InChI is InChI=1S/C15H19N3O2S/c1-10-6-7-12(18(10)3)9-16-14(19)11(2)17-15(20)13-5-4-8-21-13/h4-8,11H,9H2,1-3H3,(H,16,19)(H,17,20). The van der Waals surface area contributed by atoms with Gasteiger partial charge in [0.2, 0.25) is 5.91 Å². The van der Waals surface area contributed by atoms with E-state index in [1.54, 1.807) is 13.0 Å². The van der Waals surface area contributed by atoms with Crippen LogP contribution in [0.5, 0.6) is 0 Å². The van der Waals surface area contributed by atoms with E-state index in [0.29, 0.717) is 11.4 Å². The van der Waals surface area contributed by atoms with Gasteiger partial charge < -0.3 is 15.2 Å². The summed E-state index contributed by atoms with van der Waals surface area (Å²) < 4.78 is 2.02. The molecule has 0 bridgehead atoms. The Labute approximate surface area is 128 Å². The van der Waals surface area contributed by atoms with E-state index < -0.39 is 6.04 Å². The maximum atomic E-state index is 12.0. The molecule has 6 heteroatoms. The Bertz CT molecular complexity index is 631. The average Bonchev–Trinajstić information content (AvgIpc) is 3.09. The first-order valence-corrected chi connectivity index (χ1v) is 7.60. The Morgan fingerprint density at radius 1 is 1.33 bits per heavy atom. The highest BCUT2D eigenvalue weighted by Crippen LogP contribution is 2.08. The molecule has 2 amide bonds. The minimum Gasteiger partial charge on any atom is -0.350 e. The largest absolute Gasteiger partial charge is 0.350 e. The van der Waals surface area contributed by atoms with Crippen LogP contribution in [0.4, 0.5) is 0 Å². The normalized spacial score (nSPS) is 12.0. The molecule has 1 atom stereocenters. The molecule has 1 unspecified atom stereocenters. The fourth-order valence-corrected chi connectivity index (χ4v) is 2.54. The van der Waals surface area contributed by atoms with Gasteiger partial charge >= 0.3 is 0 Å². The quantitative estimate of drug-likeness (QED) is 0.885. The number of aromatic nitrogens is 1. The lowest BCUT2D eigenvalue weighted by Gasteiger charge is -2.14. The van der Waals surface area contributed by atoms with E-state index in [-0.39, 0.29) is 11.8 Å². The Morgan fingerprint density at radius 3 is 2.67 bits per heavy atom. The van der Waals surface area contributed by atoms with Crippen LogP contribution in [0.15, 0.2) is 29.6 Å². The van der Waals surface area contributed by atoms with Crippen molar-refractivity contribution >= 4 is 23.2 Å². The van der Waals surface area contributed by atoms with Crippen LogP contribution < -0.4 is 10.6 Å². The Hall–Kier alpha value is -2.08. The Kier molecular flexibility index (Phi) is 4.80. The van der Waals surface area contributed by atoms with Crippen molar-refractivity contribution in [2.24, 2.45) is 7.05 Å². The number of thiophene rings is 1. The minimum atomic E-state index is -0.569. The van der Waals surface area contributed by atoms with Crippen LogP contribution in [-0.4, -0.2) is 22.4 Å². The first-order chi connectivity index (χ1) is 9.99. The zero-order valence-corrected chi connectivity index (χ0v) is 13.2. The summed E-state index contributed by atoms with van der Waals surface area (Å²) in [6.45, 7) is 4.13. The molecule has 2 aromatic heterocycles. The molecule has 2 N–H and O–H groups in total. The second-order valence-electron chi connectivity index (χ2n) is 4.92. The van der Waals surface area contributed by atoms with Crippen LogP contribution in [0.2, 0.25) is 0 Å². The second kappa shape index (κ2) is 6.58. The van der Waals surface area contributed by atoms with E-state index >= 15 is 0 Å². The molecular weight excluding hydrogens is 286 g/mol. The molecule has 0 aliphatic carbocycles. The van der Waals surface area contributed by atoms with Crippen LogP contribution in [0.25, 0.3) is 0 Å². The summed E-state index contributed by atoms with van der Waals surface area (Å²) >= 11 is 1.35. The van der Waals surface area contributed by atoms with Crippen molar-refractivity contribution in [3.8, 4) is 0 Å². The van der Waals surface area contributed by atoms with Crippen LogP contribution in [0.3, 0.4) is 0 Å². The molecule has 2 rings (SSSR count). The third-order valence-corrected chi connectivity index (χ3v) is 4.28. The fourth-order valence-electron chi connectivity index (χ4n) is 1.92. The molecule has 0 radical (unpaired) electrons. The van der Waals surface area contributed by atoms with Crippen LogP contribution in [-0.2, 0) is 18.4 Å². The highest BCUT2D eigenvalue weighted by Gasteiger charge is 2.17. The summed E-state index contributed by atoms with van der Waals surface area (Å²) in [5.41, 5.74) is 2.16. The highest BCUT2D eigenvalue weighted by molar-refractivity contribution is 7.12. The second-order valence-corrected chi connectivity index (χ2v) is 5.86. The molecule has 5 nitrogen and oxygen atoms in total. The molecule has 21 heavy (non-hydrogen) atoms. The van der Waals surface area contributed by atoms with Gasteiger partial charge in [0.15, 0.2) is 0 Å². The fraction of sp³-hybridized carbons (Fsp3) is 0.333. The van der Waals surface area contributed by atoms with Crippen molar-refractivity contribution in [1.82, 2.24) is 15.2 Å². The van der Waals surface area contributed by atoms with Crippen LogP contribution >= 0.6 is 11.3 Å². The van der Waals surface area contributed by atoms with E-state index in [2.05, 4.69) is 10.6 Å². The van der Waals surface area contributed by atoms with Gasteiger partial charge in [-0.3, -0.25) is 9.59 Å². The third-order valence-electron chi connectivity index (χ3n) is 3.41. The molecule has 112 valence electrons. The third kappa shape index (κ3) is 3.72. The minimum absolute atomic E-state index is 0.196. The lowest BCUT2D eigenvalue weighted by atomic mass is 10.3. The van der Waals surface area contributed by atoms with Gasteiger partial charge in [0.05, 0.1) is 11.4 Å². The molecule has 0 aromatic carbocycles. The number of rotatable bonds is 5. The first-order valence-electron chi connectivity index (χ1n) is 6.72. The lowest BCUT2D eigenvalue weighted by molar-refractivity contribution is -0.122. The van der Waals surface area contributed by atoms with Crippen LogP contribution in [0, 0.1) is 6.92 Å². The first kappa shape index (κ1) is 15.3. The maximum absolute atomic E-state index is 12.0. The maximum Gasteiger partial charge on any atom is 0.261 e. The smallest absolute Gasteiger partial charge is 0.261 e. The summed E-state index contributed by atoms with van der Waals surface area (Å²) in [5, 5.41) is 7.35. The SMILES string of the molecule is Cc1ccc(CNC(=O)C(C)NC(=O)c2cccs2)n1C. The van der Waals surface area contributed by atoms with Gasteiger partial charge in [-0.25, -0.2) is 0 Å². The molecule has 0 saturated carbocycles. The molecule has 2 aromatic rings. The summed E-state index contributed by atoms with van der Waals surface area (Å²) in [6.07, 6.45) is 0. The topological polar surface area (TPSA) is 63.1 Å². The van der Waals surface area contributed by atoms with Gasteiger partial charge in [-0.05, 0) is 37.4 Å². The molecule has 0 fully saturated rings. The van der Waals surface area contributed by atoms with Gasteiger partial charge in [-0.15, -0.1) is 11.3 Å². The molecular formula is C15H19N3O2S. The Morgan fingerprint density at radius 2 is 2.10 bits per heavy atom. The van der Waals surface area contributed by atoms with Gasteiger partial charge in [-0.2, -0.15) is 0 Å². The van der Waals surface area contributed by atoms with E-state index in [1.807, 2.05) is 42.1 Å². The summed E-state index contributed by atoms with van der Waals surface area (Å²) in [6, 6.07) is 6.95. The van der Waals surface area contributed by atoms with Gasteiger partial charge in [0.1, 0.15) is 6.04 Å². The summed E-state index contributed by atoms with van der Waals surface area (Å²) in [5.74, 6) is -0.416. The van der Waals surface area contributed by atoms with E-state index in [4.69, 9.17) is 0 Å². The molecule has 0 spiro atoms. The van der Waals surface area contributed by atoms with Crippen molar-refractivity contribution < 1.29 is 9.59 Å². The van der Waals surface area contributed by atoms with E-state index in [9.17, 15) is 9.59 Å². The summed E-state index contributed by atoms with van der Waals surface area (Å²) in [7, 11) is 1.96. The zero-order chi connectivity index (χ0) is 15.4. The number of carbonyl (C=O) groups excluding carboxylic acids is 2. The van der Waals surface area contributed by atoms with Crippen molar-refractivity contribution in [3.63, 3.8) is 0 Å². The highest BCUT2D eigenvalue weighted by atomic mass is 32.1. The van der Waals surface area contributed by atoms with Gasteiger partial charge in [0.25, 0.3) is 5.91 Å². The number of aryl methyl sites for hydroxylation is 1. The number of nitrogens with zero attached hydrogens (tertiary/aromatic N) is 1. The zero-order valence-electron chi connectivity index (χ0n) is 12.3. The molecule has 2 heterocycles. The van der Waals surface area contributed by atoms with E-state index in [1.165, 1.54) is 11.3 Å². The number of hydrogen-bond acceptors (Lipinski definition) is 3. The number of carbonyl (C=O) groups is 2. The van der Waals surface area contributed by atoms with Crippen molar-refractivity contribution in [2.45, 2.75) is 26.4 Å². The Balaban J connectivity index is 1.85. The van der Waals surface area contributed by atoms with Gasteiger partial charge in [-0.1, -0.05) is 6.07 Å². The predicted octanol–water partition coefficient (Wildman–Crippen LogP) is 1.83. The molecule has 0 saturated heterocycles. The number of hydrogen-bond donors (Lipinski definition) is 2. The van der Waals surface area contributed by atoms with Gasteiger partial charge in [0, 0.05) is 18.4 Å². The monoisotopic (exact) mass is 305 g/mol. The average molecular weight is 305 g/mol. The number of nitrogens with one attached hydrogen (secondary N) is 2. The molecule has 0 aliphatic rings. The van der Waals surface area contributed by atoms with E-state index in [0.717, 1.165) is 11.4 Å².